The first-order valence-electron chi connectivity index (χ1n) is 7.30. The standard InChI is InChI=1S/C17H15NO3S3/c1-2-24(20)15-6-4-3-5-14(15)17(19)21-9-13-11-23-16(18-13)12-7-8-22-10-12/h3-8,10-11H,2,9H2,1H3/t24-/m0/s1. The maximum atomic E-state index is 12.3. The minimum Gasteiger partial charge on any atom is -0.456 e. The highest BCUT2D eigenvalue weighted by Crippen LogP contribution is 2.26. The van der Waals surface area contributed by atoms with Crippen molar-refractivity contribution in [2.45, 2.75) is 18.4 Å². The summed E-state index contributed by atoms with van der Waals surface area (Å²) in [5.74, 6) is -0.0158. The number of hydrogen-bond donors (Lipinski definition) is 0. The molecule has 0 unspecified atom stereocenters. The van der Waals surface area contributed by atoms with E-state index in [-0.39, 0.29) is 6.61 Å². The van der Waals surface area contributed by atoms with E-state index in [1.54, 1.807) is 35.6 Å². The van der Waals surface area contributed by atoms with E-state index in [9.17, 15) is 9.00 Å². The van der Waals surface area contributed by atoms with Crippen molar-refractivity contribution in [2.24, 2.45) is 0 Å². The van der Waals surface area contributed by atoms with Crippen LogP contribution < -0.4 is 0 Å². The zero-order valence-corrected chi connectivity index (χ0v) is 15.4. The lowest BCUT2D eigenvalue weighted by Gasteiger charge is -2.07. The molecule has 0 saturated heterocycles. The average Bonchev–Trinajstić information content (AvgIpc) is 3.30. The Morgan fingerprint density at radius 2 is 2.08 bits per heavy atom. The van der Waals surface area contributed by atoms with Gasteiger partial charge in [-0.25, -0.2) is 9.78 Å². The molecule has 0 aliphatic heterocycles. The molecule has 7 heteroatoms. The van der Waals surface area contributed by atoms with Crippen molar-refractivity contribution < 1.29 is 13.7 Å². The summed E-state index contributed by atoms with van der Waals surface area (Å²) in [4.78, 5) is 17.3. The van der Waals surface area contributed by atoms with Crippen LogP contribution in [0, 0.1) is 0 Å². The topological polar surface area (TPSA) is 56.3 Å². The zero-order chi connectivity index (χ0) is 16.9. The molecule has 3 aromatic rings. The van der Waals surface area contributed by atoms with Gasteiger partial charge in [0.15, 0.2) is 0 Å². The Balaban J connectivity index is 1.69. The normalized spacial score (nSPS) is 12.0. The van der Waals surface area contributed by atoms with Crippen LogP contribution in [0.4, 0.5) is 0 Å². The first-order valence-corrected chi connectivity index (χ1v) is 10.4. The molecule has 0 fully saturated rings. The maximum absolute atomic E-state index is 12.3. The SMILES string of the molecule is CC[S@](=O)c1ccccc1C(=O)OCc1csc(-c2ccsc2)n1. The monoisotopic (exact) mass is 377 g/mol. The van der Waals surface area contributed by atoms with Crippen molar-refractivity contribution in [2.75, 3.05) is 5.75 Å². The highest BCUT2D eigenvalue weighted by molar-refractivity contribution is 7.85. The fraction of sp³-hybridized carbons (Fsp3) is 0.176. The first-order chi connectivity index (χ1) is 11.7. The molecular formula is C17H15NO3S3. The Kier molecular flexibility index (Phi) is 5.55. The van der Waals surface area contributed by atoms with Crippen molar-refractivity contribution in [1.29, 1.82) is 0 Å². The molecule has 2 heterocycles. The molecule has 24 heavy (non-hydrogen) atoms. The van der Waals surface area contributed by atoms with Gasteiger partial charge in [0.25, 0.3) is 0 Å². The number of aromatic nitrogens is 1. The van der Waals surface area contributed by atoms with Gasteiger partial charge in [0.1, 0.15) is 11.6 Å². The van der Waals surface area contributed by atoms with Crippen LogP contribution in [-0.2, 0) is 22.1 Å². The number of ether oxygens (including phenoxy) is 1. The van der Waals surface area contributed by atoms with E-state index < -0.39 is 16.8 Å². The summed E-state index contributed by atoms with van der Waals surface area (Å²) in [5, 5.41) is 6.83. The van der Waals surface area contributed by atoms with Crippen LogP contribution in [0.3, 0.4) is 0 Å². The predicted octanol–water partition coefficient (Wildman–Crippen LogP) is 4.36. The van der Waals surface area contributed by atoms with E-state index in [0.717, 1.165) is 10.6 Å². The lowest BCUT2D eigenvalue weighted by molar-refractivity contribution is 0.0464. The van der Waals surface area contributed by atoms with Crippen molar-refractivity contribution in [3.05, 3.63) is 57.7 Å². The summed E-state index contributed by atoms with van der Waals surface area (Å²) in [6.07, 6.45) is 0. The molecule has 3 rings (SSSR count). The van der Waals surface area contributed by atoms with Gasteiger partial charge in [-0.15, -0.1) is 11.3 Å². The number of thiazole rings is 1. The molecule has 2 aromatic heterocycles. The molecule has 0 bridgehead atoms. The summed E-state index contributed by atoms with van der Waals surface area (Å²) >= 11 is 3.14. The molecule has 0 radical (unpaired) electrons. The fourth-order valence-electron chi connectivity index (χ4n) is 2.10. The molecule has 0 saturated carbocycles. The molecular weight excluding hydrogens is 362 g/mol. The number of rotatable bonds is 6. The number of thiophene rings is 1. The largest absolute Gasteiger partial charge is 0.456 e. The molecule has 1 atom stereocenters. The molecule has 1 aromatic carbocycles. The molecule has 4 nitrogen and oxygen atoms in total. The zero-order valence-electron chi connectivity index (χ0n) is 12.9. The van der Waals surface area contributed by atoms with Crippen molar-refractivity contribution in [3.63, 3.8) is 0 Å². The Hall–Kier alpha value is -1.83. The predicted molar refractivity (Wildman–Crippen MR) is 97.9 cm³/mol. The van der Waals surface area contributed by atoms with Gasteiger partial charge in [0.05, 0.1) is 27.0 Å². The molecule has 124 valence electrons. The summed E-state index contributed by atoms with van der Waals surface area (Å²) < 4.78 is 17.4. The van der Waals surface area contributed by atoms with E-state index in [1.165, 1.54) is 11.3 Å². The fourth-order valence-corrected chi connectivity index (χ4v) is 4.55. The van der Waals surface area contributed by atoms with Crippen LogP contribution in [0.15, 0.2) is 51.4 Å². The number of esters is 1. The highest BCUT2D eigenvalue weighted by Gasteiger charge is 2.16. The molecule has 0 aliphatic rings. The van der Waals surface area contributed by atoms with Crippen molar-refractivity contribution in [1.82, 2.24) is 4.98 Å². The van der Waals surface area contributed by atoms with Gasteiger partial charge in [-0.1, -0.05) is 19.1 Å². The summed E-state index contributed by atoms with van der Waals surface area (Å²) in [7, 11) is -1.20. The third-order valence-electron chi connectivity index (χ3n) is 3.29. The van der Waals surface area contributed by atoms with Gasteiger partial charge in [0, 0.05) is 22.1 Å². The minimum atomic E-state index is -1.20. The minimum absolute atomic E-state index is 0.104. The van der Waals surface area contributed by atoms with Crippen LogP contribution in [-0.4, -0.2) is 20.9 Å². The van der Waals surface area contributed by atoms with E-state index in [0.29, 0.717) is 21.9 Å². The second-order valence-corrected chi connectivity index (χ2v) is 8.21. The molecule has 0 N–H and O–H groups in total. The lowest BCUT2D eigenvalue weighted by Crippen LogP contribution is -2.10. The quantitative estimate of drug-likeness (QED) is 0.599. The second-order valence-electron chi connectivity index (χ2n) is 4.86. The van der Waals surface area contributed by atoms with Crippen LogP contribution >= 0.6 is 22.7 Å². The molecule has 0 amide bonds. The van der Waals surface area contributed by atoms with Crippen LogP contribution in [0.25, 0.3) is 10.6 Å². The number of carbonyl (C=O) groups excluding carboxylic acids is 1. The van der Waals surface area contributed by atoms with E-state index in [4.69, 9.17) is 4.74 Å². The number of nitrogens with zero attached hydrogens (tertiary/aromatic N) is 1. The van der Waals surface area contributed by atoms with E-state index in [2.05, 4.69) is 4.98 Å². The average molecular weight is 378 g/mol. The lowest BCUT2D eigenvalue weighted by atomic mass is 10.2. The Morgan fingerprint density at radius 3 is 2.83 bits per heavy atom. The first kappa shape index (κ1) is 17.0. The number of benzene rings is 1. The highest BCUT2D eigenvalue weighted by atomic mass is 32.2. The molecule has 0 spiro atoms. The Bertz CT molecular complexity index is 856. The summed E-state index contributed by atoms with van der Waals surface area (Å²) in [5.41, 5.74) is 2.14. The third-order valence-corrected chi connectivity index (χ3v) is 6.28. The molecule has 0 aliphatic carbocycles. The summed E-state index contributed by atoms with van der Waals surface area (Å²) in [6, 6.07) is 8.87. The number of carbonyl (C=O) groups is 1. The van der Waals surface area contributed by atoms with Crippen molar-refractivity contribution >= 4 is 39.4 Å². The maximum Gasteiger partial charge on any atom is 0.339 e. The summed E-state index contributed by atoms with van der Waals surface area (Å²) in [6.45, 7) is 1.92. The van der Waals surface area contributed by atoms with Gasteiger partial charge >= 0.3 is 5.97 Å². The van der Waals surface area contributed by atoms with Crippen LogP contribution in [0.2, 0.25) is 0 Å². The number of hydrogen-bond acceptors (Lipinski definition) is 6. The smallest absolute Gasteiger partial charge is 0.339 e. The van der Waals surface area contributed by atoms with Gasteiger partial charge in [-0.3, -0.25) is 4.21 Å². The van der Waals surface area contributed by atoms with Gasteiger partial charge in [-0.2, -0.15) is 11.3 Å². The van der Waals surface area contributed by atoms with Gasteiger partial charge in [0.2, 0.25) is 0 Å². The van der Waals surface area contributed by atoms with Gasteiger partial charge in [-0.05, 0) is 23.6 Å². The Morgan fingerprint density at radius 1 is 1.25 bits per heavy atom. The Labute approximate surface area is 150 Å². The van der Waals surface area contributed by atoms with E-state index >= 15 is 0 Å². The van der Waals surface area contributed by atoms with Gasteiger partial charge < -0.3 is 4.74 Å². The second kappa shape index (κ2) is 7.83. The van der Waals surface area contributed by atoms with Crippen LogP contribution in [0.1, 0.15) is 23.0 Å². The third kappa shape index (κ3) is 3.80. The van der Waals surface area contributed by atoms with E-state index in [1.807, 2.05) is 29.1 Å². The van der Waals surface area contributed by atoms with Crippen LogP contribution in [0.5, 0.6) is 0 Å². The van der Waals surface area contributed by atoms with Crippen molar-refractivity contribution in [3.8, 4) is 10.6 Å².